The van der Waals surface area contributed by atoms with Crippen LogP contribution in [0.1, 0.15) is 33.3 Å². The summed E-state index contributed by atoms with van der Waals surface area (Å²) in [4.78, 5) is 27.9. The van der Waals surface area contributed by atoms with Crippen LogP contribution in [0.5, 0.6) is 0 Å². The Kier molecular flexibility index (Phi) is 5.70. The summed E-state index contributed by atoms with van der Waals surface area (Å²) in [5.41, 5.74) is 1.41. The van der Waals surface area contributed by atoms with E-state index in [4.69, 9.17) is 9.47 Å². The third-order valence-electron chi connectivity index (χ3n) is 3.61. The number of rotatable bonds is 3. The van der Waals surface area contributed by atoms with Crippen molar-refractivity contribution < 1.29 is 19.1 Å². The largest absolute Gasteiger partial charge is 0.465 e. The highest BCUT2D eigenvalue weighted by molar-refractivity contribution is 5.77. The Balaban J connectivity index is 2.17. The summed E-state index contributed by atoms with van der Waals surface area (Å²) in [5.74, 6) is -0.266. The van der Waals surface area contributed by atoms with Crippen molar-refractivity contribution in [2.45, 2.75) is 39.8 Å². The van der Waals surface area contributed by atoms with E-state index in [1.54, 1.807) is 11.8 Å². The van der Waals surface area contributed by atoms with Gasteiger partial charge in [0.2, 0.25) is 0 Å². The quantitative estimate of drug-likeness (QED) is 0.796. The van der Waals surface area contributed by atoms with Crippen molar-refractivity contribution in [1.82, 2.24) is 4.90 Å². The number of carbonyl (C=O) groups excluding carboxylic acids is 2. The first kappa shape index (κ1) is 18.1. The monoisotopic (exact) mass is 334 g/mol. The van der Waals surface area contributed by atoms with Crippen LogP contribution in [0.25, 0.3) is 0 Å². The third kappa shape index (κ3) is 4.88. The van der Waals surface area contributed by atoms with Gasteiger partial charge in [-0.3, -0.25) is 4.79 Å². The zero-order valence-electron chi connectivity index (χ0n) is 14.9. The smallest absolute Gasteiger partial charge is 0.410 e. The summed E-state index contributed by atoms with van der Waals surface area (Å²) < 4.78 is 10.5. The molecule has 0 N–H and O–H groups in total. The second-order valence-electron chi connectivity index (χ2n) is 6.76. The molecule has 0 atom stereocenters. The fourth-order valence-corrected chi connectivity index (χ4v) is 2.61. The Labute approximate surface area is 143 Å². The SMILES string of the molecule is CCOC(=O)CN1CCN(C(=O)OC(C)(C)C)Cc2ccccc21. The summed E-state index contributed by atoms with van der Waals surface area (Å²) in [6.45, 7) is 9.38. The Morgan fingerprint density at radius 1 is 1.17 bits per heavy atom. The second-order valence-corrected chi connectivity index (χ2v) is 6.76. The lowest BCUT2D eigenvalue weighted by Crippen LogP contribution is -2.40. The van der Waals surface area contributed by atoms with Crippen LogP contribution in [0.4, 0.5) is 10.5 Å². The maximum Gasteiger partial charge on any atom is 0.410 e. The molecule has 1 heterocycles. The molecule has 0 bridgehead atoms. The molecule has 6 nitrogen and oxygen atoms in total. The first-order valence-electron chi connectivity index (χ1n) is 8.26. The van der Waals surface area contributed by atoms with E-state index in [1.807, 2.05) is 49.9 Å². The molecule has 0 saturated carbocycles. The first-order chi connectivity index (χ1) is 11.3. The van der Waals surface area contributed by atoms with E-state index in [-0.39, 0.29) is 18.6 Å². The average molecular weight is 334 g/mol. The molecule has 0 unspecified atom stereocenters. The summed E-state index contributed by atoms with van der Waals surface area (Å²) in [7, 11) is 0. The molecule has 1 aliphatic rings. The van der Waals surface area contributed by atoms with Crippen molar-refractivity contribution in [1.29, 1.82) is 0 Å². The Morgan fingerprint density at radius 3 is 2.54 bits per heavy atom. The fourth-order valence-electron chi connectivity index (χ4n) is 2.61. The minimum atomic E-state index is -0.534. The van der Waals surface area contributed by atoms with Crippen molar-refractivity contribution in [2.24, 2.45) is 0 Å². The molecular formula is C18H26N2O4. The Hall–Kier alpha value is -2.24. The highest BCUT2D eigenvalue weighted by Gasteiger charge is 2.27. The average Bonchev–Trinajstić information content (AvgIpc) is 2.66. The molecule has 24 heavy (non-hydrogen) atoms. The molecule has 1 aromatic carbocycles. The van der Waals surface area contributed by atoms with Crippen molar-refractivity contribution in [2.75, 3.05) is 31.1 Å². The van der Waals surface area contributed by atoms with Crippen molar-refractivity contribution in [3.05, 3.63) is 29.8 Å². The third-order valence-corrected chi connectivity index (χ3v) is 3.61. The molecule has 1 aliphatic heterocycles. The van der Waals surface area contributed by atoms with Crippen LogP contribution in [0.3, 0.4) is 0 Å². The number of anilines is 1. The summed E-state index contributed by atoms with van der Waals surface area (Å²) in [6, 6.07) is 7.80. The Morgan fingerprint density at radius 2 is 1.88 bits per heavy atom. The number of amides is 1. The predicted molar refractivity (Wildman–Crippen MR) is 91.9 cm³/mol. The number of fused-ring (bicyclic) bond motifs is 1. The van der Waals surface area contributed by atoms with Gasteiger partial charge in [0.15, 0.2) is 0 Å². The molecule has 0 saturated heterocycles. The molecule has 0 spiro atoms. The standard InChI is InChI=1S/C18H26N2O4/c1-5-23-16(21)13-19-10-11-20(17(22)24-18(2,3)4)12-14-8-6-7-9-15(14)19/h6-9H,5,10-13H2,1-4H3. The number of hydrogen-bond acceptors (Lipinski definition) is 5. The van der Waals surface area contributed by atoms with Crippen LogP contribution < -0.4 is 4.90 Å². The topological polar surface area (TPSA) is 59.1 Å². The predicted octanol–water partition coefficient (Wildman–Crippen LogP) is 2.81. The van der Waals surface area contributed by atoms with Gasteiger partial charge in [-0.2, -0.15) is 0 Å². The van der Waals surface area contributed by atoms with Gasteiger partial charge in [0.1, 0.15) is 12.1 Å². The van der Waals surface area contributed by atoms with Gasteiger partial charge in [-0.25, -0.2) is 4.79 Å². The van der Waals surface area contributed by atoms with E-state index in [2.05, 4.69) is 0 Å². The molecular weight excluding hydrogens is 308 g/mol. The van der Waals surface area contributed by atoms with Gasteiger partial charge in [-0.05, 0) is 39.3 Å². The number of hydrogen-bond donors (Lipinski definition) is 0. The molecule has 1 amide bonds. The van der Waals surface area contributed by atoms with Gasteiger partial charge in [0.05, 0.1) is 13.2 Å². The van der Waals surface area contributed by atoms with Gasteiger partial charge in [0, 0.05) is 18.8 Å². The molecule has 1 aromatic rings. The van der Waals surface area contributed by atoms with Gasteiger partial charge >= 0.3 is 12.1 Å². The van der Waals surface area contributed by atoms with Gasteiger partial charge < -0.3 is 19.3 Å². The highest BCUT2D eigenvalue weighted by atomic mass is 16.6. The number of nitrogens with zero attached hydrogens (tertiary/aromatic N) is 2. The first-order valence-corrected chi connectivity index (χ1v) is 8.26. The molecule has 0 fully saturated rings. The number of ether oxygens (including phenoxy) is 2. The minimum Gasteiger partial charge on any atom is -0.465 e. The lowest BCUT2D eigenvalue weighted by atomic mass is 10.1. The van der Waals surface area contributed by atoms with Crippen molar-refractivity contribution in [3.8, 4) is 0 Å². The highest BCUT2D eigenvalue weighted by Crippen LogP contribution is 2.25. The molecule has 6 heteroatoms. The number of para-hydroxylation sites is 1. The number of carbonyl (C=O) groups is 2. The van der Waals surface area contributed by atoms with Gasteiger partial charge in [0.25, 0.3) is 0 Å². The van der Waals surface area contributed by atoms with Gasteiger partial charge in [-0.15, -0.1) is 0 Å². The molecule has 0 radical (unpaired) electrons. The fraction of sp³-hybridized carbons (Fsp3) is 0.556. The van der Waals surface area contributed by atoms with E-state index in [1.165, 1.54) is 0 Å². The number of esters is 1. The maximum absolute atomic E-state index is 12.4. The molecule has 0 aliphatic carbocycles. The van der Waals surface area contributed by atoms with E-state index < -0.39 is 5.60 Å². The van der Waals surface area contributed by atoms with Gasteiger partial charge in [-0.1, -0.05) is 18.2 Å². The normalized spacial score (nSPS) is 14.7. The zero-order valence-corrected chi connectivity index (χ0v) is 14.9. The lowest BCUT2D eigenvalue weighted by Gasteiger charge is -2.26. The summed E-state index contributed by atoms with van der Waals surface area (Å²) in [5, 5.41) is 0. The van der Waals surface area contributed by atoms with E-state index in [0.29, 0.717) is 26.2 Å². The van der Waals surface area contributed by atoms with Crippen molar-refractivity contribution in [3.63, 3.8) is 0 Å². The number of benzene rings is 1. The van der Waals surface area contributed by atoms with Crippen LogP contribution in [0.2, 0.25) is 0 Å². The minimum absolute atomic E-state index is 0.174. The van der Waals surface area contributed by atoms with Crippen molar-refractivity contribution >= 4 is 17.7 Å². The molecule has 2 rings (SSSR count). The zero-order chi connectivity index (χ0) is 17.7. The van der Waals surface area contributed by atoms with E-state index in [9.17, 15) is 9.59 Å². The maximum atomic E-state index is 12.4. The Bertz CT molecular complexity index is 595. The van der Waals surface area contributed by atoms with Crippen LogP contribution in [-0.2, 0) is 20.8 Å². The van der Waals surface area contributed by atoms with Crippen LogP contribution >= 0.6 is 0 Å². The lowest BCUT2D eigenvalue weighted by molar-refractivity contribution is -0.141. The summed E-state index contributed by atoms with van der Waals surface area (Å²) >= 11 is 0. The molecule has 0 aromatic heterocycles. The van der Waals surface area contributed by atoms with Crippen LogP contribution in [0, 0.1) is 0 Å². The van der Waals surface area contributed by atoms with E-state index in [0.717, 1.165) is 11.3 Å². The summed E-state index contributed by atoms with van der Waals surface area (Å²) in [6.07, 6.45) is -0.338. The van der Waals surface area contributed by atoms with Crippen LogP contribution in [-0.4, -0.2) is 48.8 Å². The second kappa shape index (κ2) is 7.55. The van der Waals surface area contributed by atoms with Crippen LogP contribution in [0.15, 0.2) is 24.3 Å². The molecule has 132 valence electrons. The van der Waals surface area contributed by atoms with E-state index >= 15 is 0 Å².